The summed E-state index contributed by atoms with van der Waals surface area (Å²) in [5.74, 6) is 1.05. The van der Waals surface area contributed by atoms with Gasteiger partial charge in [0.25, 0.3) is 0 Å². The van der Waals surface area contributed by atoms with Crippen molar-refractivity contribution in [3.63, 3.8) is 0 Å². The number of ketones is 1. The summed E-state index contributed by atoms with van der Waals surface area (Å²) >= 11 is 3.63. The molecule has 1 aliphatic carbocycles. The Bertz CT molecular complexity index is 676. The summed E-state index contributed by atoms with van der Waals surface area (Å²) in [5, 5.41) is 0. The molecule has 1 aliphatic rings. The molecule has 0 radical (unpaired) electrons. The number of hydrogen-bond donors (Lipinski definition) is 0. The molecule has 0 N–H and O–H groups in total. The van der Waals surface area contributed by atoms with Crippen molar-refractivity contribution in [1.29, 1.82) is 0 Å². The van der Waals surface area contributed by atoms with Crippen LogP contribution in [-0.4, -0.2) is 12.4 Å². The van der Waals surface area contributed by atoms with Gasteiger partial charge < -0.3 is 4.74 Å². The Kier molecular flexibility index (Phi) is 4.83. The minimum atomic E-state index is -0.0857. The Labute approximate surface area is 148 Å². The molecule has 0 aliphatic heterocycles. The normalized spacial score (nSPS) is 17.0. The molecule has 0 amide bonds. The van der Waals surface area contributed by atoms with E-state index >= 15 is 0 Å². The van der Waals surface area contributed by atoms with Gasteiger partial charge in [0, 0.05) is 0 Å². The van der Waals surface area contributed by atoms with Gasteiger partial charge in [0.2, 0.25) is 0 Å². The predicted octanol–water partition coefficient (Wildman–Crippen LogP) is 5.92. The number of benzene rings is 1. The first-order chi connectivity index (χ1) is 10.5. The largest absolute Gasteiger partial charge is 0.493 e. The zero-order valence-corrected chi connectivity index (χ0v) is 16.8. The fraction of sp³-hybridized carbons (Fsp3) is 0.550. The minimum absolute atomic E-state index is 0.0845. The van der Waals surface area contributed by atoms with Crippen LogP contribution in [-0.2, 0) is 10.2 Å². The lowest BCUT2D eigenvalue weighted by atomic mass is 9.64. The second-order valence-corrected chi connectivity index (χ2v) is 8.84. The van der Waals surface area contributed by atoms with Gasteiger partial charge in [-0.3, -0.25) is 4.79 Å². The number of hydrogen-bond acceptors (Lipinski definition) is 2. The van der Waals surface area contributed by atoms with E-state index in [1.54, 1.807) is 6.92 Å². The molecule has 0 spiro atoms. The van der Waals surface area contributed by atoms with Gasteiger partial charge in [-0.1, -0.05) is 34.6 Å². The highest BCUT2D eigenvalue weighted by atomic mass is 79.9. The first-order valence-corrected chi connectivity index (χ1v) is 9.00. The van der Waals surface area contributed by atoms with E-state index in [1.807, 2.05) is 6.92 Å². The van der Waals surface area contributed by atoms with Crippen molar-refractivity contribution in [2.24, 2.45) is 5.41 Å². The maximum atomic E-state index is 12.3. The van der Waals surface area contributed by atoms with Crippen LogP contribution in [0.25, 0.3) is 5.57 Å². The quantitative estimate of drug-likeness (QED) is 0.652. The van der Waals surface area contributed by atoms with E-state index in [0.29, 0.717) is 6.61 Å². The van der Waals surface area contributed by atoms with Crippen molar-refractivity contribution in [1.82, 2.24) is 0 Å². The standard InChI is InChI=1S/C20H27BrO2/c1-8-23-17-10-15-13(9-16(17)21)18(19(3,4)5)14(12(2)22)11-20(15,6)7/h9-10H,8,11H2,1-7H3. The van der Waals surface area contributed by atoms with Crippen molar-refractivity contribution in [2.75, 3.05) is 6.61 Å². The molecule has 0 saturated carbocycles. The molecule has 2 rings (SSSR count). The van der Waals surface area contributed by atoms with Gasteiger partial charge in [-0.25, -0.2) is 0 Å². The summed E-state index contributed by atoms with van der Waals surface area (Å²) in [7, 11) is 0. The van der Waals surface area contributed by atoms with Crippen LogP contribution in [0.3, 0.4) is 0 Å². The molecule has 2 nitrogen and oxygen atoms in total. The van der Waals surface area contributed by atoms with Crippen LogP contribution in [0.4, 0.5) is 0 Å². The molecule has 0 aromatic heterocycles. The second kappa shape index (κ2) is 6.08. The van der Waals surface area contributed by atoms with Crippen LogP contribution < -0.4 is 4.74 Å². The van der Waals surface area contributed by atoms with E-state index < -0.39 is 0 Å². The lowest BCUT2D eigenvalue weighted by Crippen LogP contribution is -2.30. The van der Waals surface area contributed by atoms with Crippen molar-refractivity contribution >= 4 is 27.3 Å². The Morgan fingerprint density at radius 1 is 1.30 bits per heavy atom. The minimum Gasteiger partial charge on any atom is -0.493 e. The molecule has 23 heavy (non-hydrogen) atoms. The lowest BCUT2D eigenvalue weighted by Gasteiger charge is -2.40. The van der Waals surface area contributed by atoms with Crippen LogP contribution >= 0.6 is 15.9 Å². The summed E-state index contributed by atoms with van der Waals surface area (Å²) in [4.78, 5) is 12.3. The SMILES string of the molecule is CCOc1cc2c(cc1Br)C(C(C)(C)C)=C(C(C)=O)CC2(C)C. The number of Topliss-reactive ketones (excluding diaryl/α,β-unsaturated/α-hetero) is 1. The molecular formula is C20H27BrO2. The Morgan fingerprint density at radius 3 is 2.39 bits per heavy atom. The van der Waals surface area contributed by atoms with Gasteiger partial charge in [0.1, 0.15) is 5.75 Å². The third-order valence-electron chi connectivity index (χ3n) is 4.47. The number of halogens is 1. The van der Waals surface area contributed by atoms with E-state index in [1.165, 1.54) is 16.7 Å². The summed E-state index contributed by atoms with van der Waals surface area (Å²) in [6, 6.07) is 4.27. The van der Waals surface area contributed by atoms with Crippen molar-refractivity contribution in [3.05, 3.63) is 33.3 Å². The number of carbonyl (C=O) groups excluding carboxylic acids is 1. The molecule has 126 valence electrons. The zero-order valence-electron chi connectivity index (χ0n) is 15.3. The maximum Gasteiger partial charge on any atom is 0.156 e. The first-order valence-electron chi connectivity index (χ1n) is 8.20. The van der Waals surface area contributed by atoms with Crippen LogP contribution in [0.2, 0.25) is 0 Å². The number of carbonyl (C=O) groups is 1. The molecule has 1 aromatic rings. The average molecular weight is 379 g/mol. The molecule has 0 fully saturated rings. The van der Waals surface area contributed by atoms with Crippen molar-refractivity contribution in [3.8, 4) is 5.75 Å². The third kappa shape index (κ3) is 3.40. The molecular weight excluding hydrogens is 352 g/mol. The van der Waals surface area contributed by atoms with E-state index in [-0.39, 0.29) is 16.6 Å². The molecule has 0 heterocycles. The molecule has 0 saturated heterocycles. The van der Waals surface area contributed by atoms with E-state index in [9.17, 15) is 4.79 Å². The second-order valence-electron chi connectivity index (χ2n) is 7.98. The van der Waals surface area contributed by atoms with Crippen molar-refractivity contribution in [2.45, 2.75) is 60.3 Å². The molecule has 0 unspecified atom stereocenters. The third-order valence-corrected chi connectivity index (χ3v) is 5.09. The number of rotatable bonds is 3. The maximum absolute atomic E-state index is 12.3. The van der Waals surface area contributed by atoms with Gasteiger partial charge in [-0.05, 0) is 81.4 Å². The Balaban J connectivity index is 2.83. The average Bonchev–Trinajstić information content (AvgIpc) is 2.38. The Hall–Kier alpha value is -1.09. The highest BCUT2D eigenvalue weighted by Gasteiger charge is 2.38. The zero-order chi connectivity index (χ0) is 17.6. The van der Waals surface area contributed by atoms with Gasteiger partial charge in [-0.15, -0.1) is 0 Å². The van der Waals surface area contributed by atoms with E-state index in [2.05, 4.69) is 62.7 Å². The smallest absolute Gasteiger partial charge is 0.156 e. The summed E-state index contributed by atoms with van der Waals surface area (Å²) in [5.41, 5.74) is 4.40. The molecule has 0 atom stereocenters. The van der Waals surface area contributed by atoms with E-state index in [4.69, 9.17) is 4.74 Å². The topological polar surface area (TPSA) is 26.3 Å². The lowest BCUT2D eigenvalue weighted by molar-refractivity contribution is -0.113. The van der Waals surface area contributed by atoms with Crippen LogP contribution in [0, 0.1) is 5.41 Å². The van der Waals surface area contributed by atoms with Gasteiger partial charge in [-0.2, -0.15) is 0 Å². The fourth-order valence-electron chi connectivity index (χ4n) is 3.53. The van der Waals surface area contributed by atoms with Gasteiger partial charge >= 0.3 is 0 Å². The molecule has 0 bridgehead atoms. The van der Waals surface area contributed by atoms with Crippen molar-refractivity contribution < 1.29 is 9.53 Å². The van der Waals surface area contributed by atoms with Crippen LogP contribution in [0.1, 0.15) is 66.0 Å². The predicted molar refractivity (Wildman–Crippen MR) is 100 cm³/mol. The summed E-state index contributed by atoms with van der Waals surface area (Å²) in [6.45, 7) is 15.3. The van der Waals surface area contributed by atoms with Gasteiger partial charge in [0.05, 0.1) is 11.1 Å². The number of ether oxygens (including phenoxy) is 1. The first kappa shape index (κ1) is 18.3. The highest BCUT2D eigenvalue weighted by molar-refractivity contribution is 9.10. The summed E-state index contributed by atoms with van der Waals surface area (Å²) in [6.07, 6.45) is 0.773. The van der Waals surface area contributed by atoms with Crippen LogP contribution in [0.15, 0.2) is 22.2 Å². The number of fused-ring (bicyclic) bond motifs is 1. The molecule has 1 aromatic carbocycles. The highest BCUT2D eigenvalue weighted by Crippen LogP contribution is 2.51. The summed E-state index contributed by atoms with van der Waals surface area (Å²) < 4.78 is 6.71. The Morgan fingerprint density at radius 2 is 1.91 bits per heavy atom. The monoisotopic (exact) mass is 378 g/mol. The van der Waals surface area contributed by atoms with E-state index in [0.717, 1.165) is 22.2 Å². The fourth-order valence-corrected chi connectivity index (χ4v) is 3.99. The molecule has 3 heteroatoms. The number of allylic oxidation sites excluding steroid dienone is 2. The van der Waals surface area contributed by atoms with Gasteiger partial charge in [0.15, 0.2) is 5.78 Å². The van der Waals surface area contributed by atoms with Crippen LogP contribution in [0.5, 0.6) is 5.75 Å².